The van der Waals surface area contributed by atoms with Gasteiger partial charge in [-0.3, -0.25) is 9.10 Å². The Kier molecular flexibility index (Phi) is 6.45. The van der Waals surface area contributed by atoms with Crippen molar-refractivity contribution in [3.63, 3.8) is 0 Å². The molecule has 0 bridgehead atoms. The maximum atomic E-state index is 12.5. The third-order valence-electron chi connectivity index (χ3n) is 3.73. The number of hydrogen-bond donors (Lipinski definition) is 1. The van der Waals surface area contributed by atoms with Crippen LogP contribution in [0.25, 0.3) is 0 Å². The standard InChI is InChI=1S/C18H21ClN2O3S/c1-3-17(14-8-5-4-6-9-14)20-18(22)13-21(25(2,23)24)16-11-7-10-15(19)12-16/h4-12,17H,3,13H2,1-2H3,(H,20,22)/t17-/m1/s1. The van der Waals surface area contributed by atoms with Gasteiger partial charge in [0.1, 0.15) is 6.54 Å². The normalized spacial score (nSPS) is 12.4. The van der Waals surface area contributed by atoms with Crippen molar-refractivity contribution in [1.29, 1.82) is 0 Å². The second-order valence-electron chi connectivity index (χ2n) is 5.69. The van der Waals surface area contributed by atoms with Crippen molar-refractivity contribution >= 4 is 33.2 Å². The highest BCUT2D eigenvalue weighted by Gasteiger charge is 2.22. The summed E-state index contributed by atoms with van der Waals surface area (Å²) >= 11 is 5.94. The molecule has 2 rings (SSSR count). The number of sulfonamides is 1. The molecule has 1 atom stereocenters. The topological polar surface area (TPSA) is 66.5 Å². The fourth-order valence-electron chi connectivity index (χ4n) is 2.51. The van der Waals surface area contributed by atoms with Crippen LogP contribution in [0.4, 0.5) is 5.69 Å². The van der Waals surface area contributed by atoms with E-state index in [1.807, 2.05) is 37.3 Å². The number of nitrogens with zero attached hydrogens (tertiary/aromatic N) is 1. The predicted octanol–water partition coefficient (Wildman–Crippen LogP) is 3.37. The Labute approximate surface area is 153 Å². The molecule has 0 aliphatic rings. The molecule has 0 heterocycles. The number of halogens is 1. The van der Waals surface area contributed by atoms with Gasteiger partial charge in [0.15, 0.2) is 0 Å². The van der Waals surface area contributed by atoms with Crippen LogP contribution < -0.4 is 9.62 Å². The van der Waals surface area contributed by atoms with Gasteiger partial charge >= 0.3 is 0 Å². The summed E-state index contributed by atoms with van der Waals surface area (Å²) < 4.78 is 25.3. The molecular weight excluding hydrogens is 360 g/mol. The highest BCUT2D eigenvalue weighted by molar-refractivity contribution is 7.92. The molecule has 0 unspecified atom stereocenters. The number of hydrogen-bond acceptors (Lipinski definition) is 3. The Morgan fingerprint density at radius 2 is 1.84 bits per heavy atom. The predicted molar refractivity (Wildman–Crippen MR) is 101 cm³/mol. The molecule has 1 N–H and O–H groups in total. The number of rotatable bonds is 7. The second-order valence-corrected chi connectivity index (χ2v) is 8.03. The summed E-state index contributed by atoms with van der Waals surface area (Å²) in [4.78, 5) is 12.5. The minimum absolute atomic E-state index is 0.172. The van der Waals surface area contributed by atoms with Crippen molar-refractivity contribution in [2.45, 2.75) is 19.4 Å². The molecule has 0 spiro atoms. The number of benzene rings is 2. The Morgan fingerprint density at radius 3 is 2.40 bits per heavy atom. The Balaban J connectivity index is 2.17. The van der Waals surface area contributed by atoms with Crippen molar-refractivity contribution in [2.75, 3.05) is 17.1 Å². The zero-order valence-corrected chi connectivity index (χ0v) is 15.7. The smallest absolute Gasteiger partial charge is 0.241 e. The number of carbonyl (C=O) groups is 1. The maximum absolute atomic E-state index is 12.5. The molecule has 0 saturated heterocycles. The van der Waals surface area contributed by atoms with E-state index in [9.17, 15) is 13.2 Å². The average molecular weight is 381 g/mol. The van der Waals surface area contributed by atoms with E-state index in [0.29, 0.717) is 17.1 Å². The molecule has 7 heteroatoms. The fourth-order valence-corrected chi connectivity index (χ4v) is 3.54. The quantitative estimate of drug-likeness (QED) is 0.800. The van der Waals surface area contributed by atoms with Crippen molar-refractivity contribution in [3.8, 4) is 0 Å². The molecule has 134 valence electrons. The number of amides is 1. The van der Waals surface area contributed by atoms with E-state index < -0.39 is 10.0 Å². The highest BCUT2D eigenvalue weighted by Crippen LogP contribution is 2.22. The van der Waals surface area contributed by atoms with Gasteiger partial charge in [-0.1, -0.05) is 54.9 Å². The van der Waals surface area contributed by atoms with Crippen LogP contribution in [0.2, 0.25) is 5.02 Å². The van der Waals surface area contributed by atoms with Crippen molar-refractivity contribution in [3.05, 3.63) is 65.2 Å². The van der Waals surface area contributed by atoms with Crippen molar-refractivity contribution < 1.29 is 13.2 Å². The lowest BCUT2D eigenvalue weighted by molar-refractivity contribution is -0.120. The first-order valence-corrected chi connectivity index (χ1v) is 10.1. The van der Waals surface area contributed by atoms with Gasteiger partial charge < -0.3 is 5.32 Å². The van der Waals surface area contributed by atoms with E-state index >= 15 is 0 Å². The van der Waals surface area contributed by atoms with Gasteiger partial charge in [-0.2, -0.15) is 0 Å². The van der Waals surface area contributed by atoms with Crippen LogP contribution in [0.15, 0.2) is 54.6 Å². The summed E-state index contributed by atoms with van der Waals surface area (Å²) in [5.41, 5.74) is 1.34. The van der Waals surface area contributed by atoms with Crippen LogP contribution in [0.3, 0.4) is 0 Å². The molecule has 25 heavy (non-hydrogen) atoms. The van der Waals surface area contributed by atoms with E-state index in [-0.39, 0.29) is 18.5 Å². The fraction of sp³-hybridized carbons (Fsp3) is 0.278. The molecule has 2 aromatic rings. The first-order valence-electron chi connectivity index (χ1n) is 7.89. The molecule has 0 saturated carbocycles. The number of carbonyl (C=O) groups excluding carboxylic acids is 1. The lowest BCUT2D eigenvalue weighted by atomic mass is 10.0. The third kappa shape index (κ3) is 5.47. The maximum Gasteiger partial charge on any atom is 0.241 e. The van der Waals surface area contributed by atoms with E-state index in [4.69, 9.17) is 11.6 Å². The summed E-state index contributed by atoms with van der Waals surface area (Å²) in [6, 6.07) is 15.8. The third-order valence-corrected chi connectivity index (χ3v) is 5.10. The molecule has 0 fully saturated rings. The lowest BCUT2D eigenvalue weighted by Crippen LogP contribution is -2.41. The summed E-state index contributed by atoms with van der Waals surface area (Å²) in [6.07, 6.45) is 1.77. The molecule has 2 aromatic carbocycles. The van der Waals surface area contributed by atoms with Crippen LogP contribution in [-0.4, -0.2) is 27.1 Å². The molecular formula is C18H21ClN2O3S. The molecule has 0 aliphatic heterocycles. The van der Waals surface area contributed by atoms with Crippen LogP contribution in [0, 0.1) is 0 Å². The Hall–Kier alpha value is -2.05. The summed E-state index contributed by atoms with van der Waals surface area (Å²) in [5, 5.41) is 3.30. The van der Waals surface area contributed by atoms with Crippen molar-refractivity contribution in [2.24, 2.45) is 0 Å². The summed E-state index contributed by atoms with van der Waals surface area (Å²) in [6.45, 7) is 1.66. The zero-order valence-electron chi connectivity index (χ0n) is 14.1. The lowest BCUT2D eigenvalue weighted by Gasteiger charge is -2.24. The minimum Gasteiger partial charge on any atom is -0.348 e. The van der Waals surface area contributed by atoms with E-state index in [1.165, 1.54) is 6.07 Å². The van der Waals surface area contributed by atoms with E-state index in [2.05, 4.69) is 5.32 Å². The molecule has 0 aromatic heterocycles. The first kappa shape index (κ1) is 19.3. The van der Waals surface area contributed by atoms with Gasteiger partial charge in [0.05, 0.1) is 18.0 Å². The van der Waals surface area contributed by atoms with Gasteiger partial charge in [0.25, 0.3) is 0 Å². The van der Waals surface area contributed by atoms with Crippen LogP contribution in [-0.2, 0) is 14.8 Å². The molecule has 0 radical (unpaired) electrons. The summed E-state index contributed by atoms with van der Waals surface area (Å²) in [5.74, 6) is -0.374. The molecule has 1 amide bonds. The Morgan fingerprint density at radius 1 is 1.16 bits per heavy atom. The molecule has 5 nitrogen and oxygen atoms in total. The molecule has 0 aliphatic carbocycles. The van der Waals surface area contributed by atoms with E-state index in [1.54, 1.807) is 18.2 Å². The van der Waals surface area contributed by atoms with Crippen molar-refractivity contribution in [1.82, 2.24) is 5.32 Å². The van der Waals surface area contributed by atoms with Crippen LogP contribution in [0.1, 0.15) is 24.9 Å². The highest BCUT2D eigenvalue weighted by atomic mass is 35.5. The monoisotopic (exact) mass is 380 g/mol. The Bertz CT molecular complexity index is 825. The minimum atomic E-state index is -3.62. The first-order chi connectivity index (χ1) is 11.8. The second kappa shape index (κ2) is 8.36. The van der Waals surface area contributed by atoms with Crippen LogP contribution >= 0.6 is 11.6 Å². The van der Waals surface area contributed by atoms with Gasteiger partial charge in [-0.15, -0.1) is 0 Å². The van der Waals surface area contributed by atoms with Gasteiger partial charge in [-0.25, -0.2) is 8.42 Å². The number of nitrogens with one attached hydrogen (secondary N) is 1. The van der Waals surface area contributed by atoms with Gasteiger partial charge in [0, 0.05) is 5.02 Å². The SMILES string of the molecule is CC[C@@H](NC(=O)CN(c1cccc(Cl)c1)S(C)(=O)=O)c1ccccc1. The summed E-state index contributed by atoms with van der Waals surface area (Å²) in [7, 11) is -3.62. The van der Waals surface area contributed by atoms with Gasteiger partial charge in [-0.05, 0) is 30.2 Å². The van der Waals surface area contributed by atoms with E-state index in [0.717, 1.165) is 16.1 Å². The zero-order chi connectivity index (χ0) is 18.4. The number of anilines is 1. The largest absolute Gasteiger partial charge is 0.348 e. The van der Waals surface area contributed by atoms with Crippen LogP contribution in [0.5, 0.6) is 0 Å². The van der Waals surface area contributed by atoms with Gasteiger partial charge in [0.2, 0.25) is 15.9 Å². The average Bonchev–Trinajstić information content (AvgIpc) is 2.57.